The number of carbonyl (C=O) groups excluding carboxylic acids is 3. The maximum atomic E-state index is 12.2. The highest BCUT2D eigenvalue weighted by molar-refractivity contribution is 5.91. The third-order valence-electron chi connectivity index (χ3n) is 5.96. The molecule has 3 aliphatic rings. The van der Waals surface area contributed by atoms with E-state index in [4.69, 9.17) is 14.2 Å². The number of ether oxygens (including phenoxy) is 3. The van der Waals surface area contributed by atoms with Crippen molar-refractivity contribution in [1.82, 2.24) is 0 Å². The quantitative estimate of drug-likeness (QED) is 0.326. The minimum Gasteiger partial charge on any atom is -0.466 e. The largest absolute Gasteiger partial charge is 0.466 e. The number of rotatable bonds is 4. The molecule has 1 saturated heterocycles. The van der Waals surface area contributed by atoms with Crippen molar-refractivity contribution in [2.45, 2.75) is 45.8 Å². The summed E-state index contributed by atoms with van der Waals surface area (Å²) in [6, 6.07) is 0. The molecule has 6 heteroatoms. The van der Waals surface area contributed by atoms with Gasteiger partial charge in [-0.2, -0.15) is 0 Å². The van der Waals surface area contributed by atoms with E-state index in [1.54, 1.807) is 6.92 Å². The molecule has 0 aromatic heterocycles. The lowest BCUT2D eigenvalue weighted by Gasteiger charge is -2.30. The van der Waals surface area contributed by atoms with Gasteiger partial charge in [0, 0.05) is 29.9 Å². The second kappa shape index (κ2) is 7.33. The second-order valence-corrected chi connectivity index (χ2v) is 7.82. The summed E-state index contributed by atoms with van der Waals surface area (Å²) < 4.78 is 16.7. The molecule has 1 saturated carbocycles. The zero-order valence-electron chi connectivity index (χ0n) is 16.0. The first kappa shape index (κ1) is 19.4. The Morgan fingerprint density at radius 3 is 2.63 bits per heavy atom. The number of fused-ring (bicyclic) bond motifs is 3. The van der Waals surface area contributed by atoms with E-state index in [1.165, 1.54) is 6.92 Å². The van der Waals surface area contributed by atoms with Crippen molar-refractivity contribution in [3.05, 3.63) is 36.0 Å². The van der Waals surface area contributed by atoms with Crippen LogP contribution in [-0.2, 0) is 28.6 Å². The Morgan fingerprint density at radius 2 is 2.00 bits per heavy atom. The Balaban J connectivity index is 1.96. The normalized spacial score (nSPS) is 34.7. The Hall–Kier alpha value is -2.37. The van der Waals surface area contributed by atoms with Gasteiger partial charge in [-0.15, -0.1) is 0 Å². The van der Waals surface area contributed by atoms with Gasteiger partial charge in [0.1, 0.15) is 12.2 Å². The van der Waals surface area contributed by atoms with Gasteiger partial charge in [0.15, 0.2) is 0 Å². The summed E-state index contributed by atoms with van der Waals surface area (Å²) in [5.41, 5.74) is 1.78. The van der Waals surface area contributed by atoms with Crippen LogP contribution >= 0.6 is 0 Å². The van der Waals surface area contributed by atoms with Gasteiger partial charge >= 0.3 is 17.9 Å². The summed E-state index contributed by atoms with van der Waals surface area (Å²) in [5.74, 6) is -1.53. The van der Waals surface area contributed by atoms with E-state index in [0.717, 1.165) is 12.0 Å². The van der Waals surface area contributed by atoms with E-state index in [2.05, 4.69) is 19.2 Å². The summed E-state index contributed by atoms with van der Waals surface area (Å²) in [7, 11) is 0. The summed E-state index contributed by atoms with van der Waals surface area (Å²) >= 11 is 0. The first-order valence-corrected chi connectivity index (χ1v) is 9.27. The first-order chi connectivity index (χ1) is 12.7. The predicted octanol–water partition coefficient (Wildman–Crippen LogP) is 2.74. The van der Waals surface area contributed by atoms with Crippen LogP contribution in [0.3, 0.4) is 0 Å². The van der Waals surface area contributed by atoms with Gasteiger partial charge in [-0.3, -0.25) is 4.79 Å². The zero-order chi connectivity index (χ0) is 19.9. The van der Waals surface area contributed by atoms with Gasteiger partial charge in [0.25, 0.3) is 0 Å². The van der Waals surface area contributed by atoms with Gasteiger partial charge in [0.2, 0.25) is 0 Å². The lowest BCUT2D eigenvalue weighted by atomic mass is 9.78. The fourth-order valence-electron chi connectivity index (χ4n) is 4.67. The summed E-state index contributed by atoms with van der Waals surface area (Å²) in [5, 5.41) is 0. The van der Waals surface area contributed by atoms with Gasteiger partial charge in [-0.05, 0) is 32.6 Å². The summed E-state index contributed by atoms with van der Waals surface area (Å²) in [6.45, 7) is 12.8. The molecule has 0 bridgehead atoms. The van der Waals surface area contributed by atoms with Crippen LogP contribution in [0.4, 0.5) is 0 Å². The third-order valence-corrected chi connectivity index (χ3v) is 5.96. The molecule has 1 heterocycles. The molecular weight excluding hydrogens is 348 g/mol. The maximum Gasteiger partial charge on any atom is 0.334 e. The van der Waals surface area contributed by atoms with Crippen LogP contribution in [0.5, 0.6) is 0 Å². The molecule has 0 radical (unpaired) electrons. The number of hydrogen-bond acceptors (Lipinski definition) is 6. The topological polar surface area (TPSA) is 78.9 Å². The molecule has 146 valence electrons. The average Bonchev–Trinajstić information content (AvgIpc) is 3.06. The van der Waals surface area contributed by atoms with Crippen LogP contribution in [0.15, 0.2) is 36.0 Å². The molecule has 27 heavy (non-hydrogen) atoms. The minimum absolute atomic E-state index is 0.00675. The zero-order valence-corrected chi connectivity index (χ0v) is 16.0. The summed E-state index contributed by atoms with van der Waals surface area (Å²) in [6.07, 6.45) is 2.46. The lowest BCUT2D eigenvalue weighted by molar-refractivity contribution is -0.150. The molecule has 0 aromatic carbocycles. The monoisotopic (exact) mass is 374 g/mol. The smallest absolute Gasteiger partial charge is 0.334 e. The van der Waals surface area contributed by atoms with Crippen LogP contribution in [0, 0.1) is 23.7 Å². The molecule has 2 fully saturated rings. The molecule has 0 aromatic rings. The number of carbonyl (C=O) groups is 3. The van der Waals surface area contributed by atoms with Crippen LogP contribution < -0.4 is 0 Å². The Morgan fingerprint density at radius 1 is 1.30 bits per heavy atom. The summed E-state index contributed by atoms with van der Waals surface area (Å²) in [4.78, 5) is 35.8. The van der Waals surface area contributed by atoms with Crippen molar-refractivity contribution in [3.63, 3.8) is 0 Å². The van der Waals surface area contributed by atoms with Crippen molar-refractivity contribution in [3.8, 4) is 0 Å². The molecule has 3 rings (SSSR count). The van der Waals surface area contributed by atoms with E-state index in [0.29, 0.717) is 17.6 Å². The van der Waals surface area contributed by atoms with Crippen LogP contribution in [0.1, 0.15) is 33.6 Å². The number of allylic oxidation sites excluding steroid dienone is 1. The number of hydrogen-bond donors (Lipinski definition) is 0. The van der Waals surface area contributed by atoms with Crippen LogP contribution in [-0.4, -0.2) is 36.7 Å². The molecular formula is C21H26O6. The minimum atomic E-state index is -0.572. The van der Waals surface area contributed by atoms with Crippen molar-refractivity contribution in [2.24, 2.45) is 23.7 Å². The molecule has 6 unspecified atom stereocenters. The standard InChI is InChI=1S/C21H26O6/c1-10(2)20(23)26-16-8-14(9-25-13(5)22)15-7-6-11(3)17(15)19-18(16)12(4)21(24)27-19/h6,14-19H,1,4,7-9H2,2-3,5H3. The van der Waals surface area contributed by atoms with Crippen LogP contribution in [0.2, 0.25) is 0 Å². The van der Waals surface area contributed by atoms with Crippen molar-refractivity contribution < 1.29 is 28.6 Å². The fraction of sp³-hybridized carbons (Fsp3) is 0.571. The molecule has 0 spiro atoms. The highest BCUT2D eigenvalue weighted by Crippen LogP contribution is 2.51. The fourth-order valence-corrected chi connectivity index (χ4v) is 4.67. The molecule has 1 aliphatic heterocycles. The average molecular weight is 374 g/mol. The van der Waals surface area contributed by atoms with E-state index in [-0.39, 0.29) is 30.3 Å². The van der Waals surface area contributed by atoms with E-state index >= 15 is 0 Å². The lowest BCUT2D eigenvalue weighted by Crippen LogP contribution is -2.36. The highest BCUT2D eigenvalue weighted by atomic mass is 16.6. The number of esters is 3. The van der Waals surface area contributed by atoms with Gasteiger partial charge < -0.3 is 14.2 Å². The van der Waals surface area contributed by atoms with E-state index in [9.17, 15) is 14.4 Å². The molecule has 6 atom stereocenters. The SMILES string of the molecule is C=C(C)C(=O)OC1CC(COC(C)=O)C2CC=C(C)C2C2OC(=O)C(=C)C12. The van der Waals surface area contributed by atoms with Gasteiger partial charge in [-0.1, -0.05) is 24.8 Å². The second-order valence-electron chi connectivity index (χ2n) is 7.82. The van der Waals surface area contributed by atoms with Crippen molar-refractivity contribution >= 4 is 17.9 Å². The first-order valence-electron chi connectivity index (χ1n) is 9.27. The maximum absolute atomic E-state index is 12.2. The molecule has 0 N–H and O–H groups in total. The third kappa shape index (κ3) is 3.57. The Kier molecular flexibility index (Phi) is 5.27. The van der Waals surface area contributed by atoms with Crippen LogP contribution in [0.25, 0.3) is 0 Å². The Labute approximate surface area is 159 Å². The molecule has 0 amide bonds. The predicted molar refractivity (Wildman–Crippen MR) is 97.3 cm³/mol. The van der Waals surface area contributed by atoms with Gasteiger partial charge in [-0.25, -0.2) is 9.59 Å². The van der Waals surface area contributed by atoms with Gasteiger partial charge in [0.05, 0.1) is 12.5 Å². The van der Waals surface area contributed by atoms with Crippen molar-refractivity contribution in [2.75, 3.05) is 6.61 Å². The van der Waals surface area contributed by atoms with Crippen molar-refractivity contribution in [1.29, 1.82) is 0 Å². The van der Waals surface area contributed by atoms with E-state index in [1.807, 2.05) is 6.92 Å². The Bertz CT molecular complexity index is 733. The highest BCUT2D eigenvalue weighted by Gasteiger charge is 2.56. The van der Waals surface area contributed by atoms with E-state index < -0.39 is 30.1 Å². The molecule has 2 aliphatic carbocycles. The molecule has 6 nitrogen and oxygen atoms in total.